The van der Waals surface area contributed by atoms with Crippen molar-refractivity contribution in [3.05, 3.63) is 65.7 Å². The average Bonchev–Trinajstić information content (AvgIpc) is 3.24. The molecule has 3 aromatic rings. The number of rotatable bonds is 7. The van der Waals surface area contributed by atoms with Crippen molar-refractivity contribution < 1.29 is 4.74 Å². The first-order valence-corrected chi connectivity index (χ1v) is 8.02. The molecular formula is C18H23N5O. The summed E-state index contributed by atoms with van der Waals surface area (Å²) in [5.41, 5.74) is 3.50. The molecule has 2 heterocycles. The molecule has 126 valence electrons. The van der Waals surface area contributed by atoms with Crippen molar-refractivity contribution in [1.82, 2.24) is 24.9 Å². The standard InChI is InChI=1S/C18H23N5O/c1-14(19-12-17-7-9-20-22(17)2)15-5-6-18(24-3)16(11-15)13-23-10-4-8-21-23/h4-11,14,19H,12-13H2,1-3H3/t14-/m0/s1. The fourth-order valence-corrected chi connectivity index (χ4v) is 2.71. The van der Waals surface area contributed by atoms with Gasteiger partial charge in [-0.1, -0.05) is 6.07 Å². The van der Waals surface area contributed by atoms with E-state index in [4.69, 9.17) is 4.74 Å². The van der Waals surface area contributed by atoms with Crippen LogP contribution in [-0.4, -0.2) is 26.7 Å². The van der Waals surface area contributed by atoms with Gasteiger partial charge in [0, 0.05) is 43.8 Å². The van der Waals surface area contributed by atoms with Gasteiger partial charge < -0.3 is 10.1 Å². The predicted molar refractivity (Wildman–Crippen MR) is 92.8 cm³/mol. The second kappa shape index (κ2) is 7.31. The Bertz CT molecular complexity index is 779. The number of nitrogens with zero attached hydrogens (tertiary/aromatic N) is 4. The predicted octanol–water partition coefficient (Wildman–Crippen LogP) is 2.52. The van der Waals surface area contributed by atoms with Gasteiger partial charge in [-0.15, -0.1) is 0 Å². The summed E-state index contributed by atoms with van der Waals surface area (Å²) in [7, 11) is 3.66. The molecule has 0 aliphatic heterocycles. The third kappa shape index (κ3) is 3.65. The molecule has 6 heteroatoms. The Morgan fingerprint density at radius 1 is 1.21 bits per heavy atom. The number of hydrogen-bond acceptors (Lipinski definition) is 4. The van der Waals surface area contributed by atoms with Crippen molar-refractivity contribution in [2.75, 3.05) is 7.11 Å². The summed E-state index contributed by atoms with van der Waals surface area (Å²) in [5.74, 6) is 0.882. The minimum absolute atomic E-state index is 0.224. The average molecular weight is 325 g/mol. The van der Waals surface area contributed by atoms with Crippen LogP contribution in [0.3, 0.4) is 0 Å². The molecule has 0 aliphatic carbocycles. The van der Waals surface area contributed by atoms with Gasteiger partial charge in [0.05, 0.1) is 19.3 Å². The second-order valence-corrected chi connectivity index (χ2v) is 5.82. The summed E-state index contributed by atoms with van der Waals surface area (Å²) >= 11 is 0. The zero-order chi connectivity index (χ0) is 16.9. The first kappa shape index (κ1) is 16.3. The fraction of sp³-hybridized carbons (Fsp3) is 0.333. The SMILES string of the molecule is COc1ccc([C@H](C)NCc2ccnn2C)cc1Cn1cccn1. The molecule has 2 aromatic heterocycles. The highest BCUT2D eigenvalue weighted by molar-refractivity contribution is 5.38. The van der Waals surface area contributed by atoms with E-state index in [9.17, 15) is 0 Å². The highest BCUT2D eigenvalue weighted by atomic mass is 16.5. The maximum atomic E-state index is 5.49. The van der Waals surface area contributed by atoms with Crippen LogP contribution in [0.1, 0.15) is 29.8 Å². The van der Waals surface area contributed by atoms with Gasteiger partial charge in [-0.2, -0.15) is 10.2 Å². The quantitative estimate of drug-likeness (QED) is 0.725. The fourth-order valence-electron chi connectivity index (χ4n) is 2.71. The van der Waals surface area contributed by atoms with Crippen molar-refractivity contribution in [2.45, 2.75) is 26.1 Å². The van der Waals surface area contributed by atoms with Crippen LogP contribution in [-0.2, 0) is 20.1 Å². The van der Waals surface area contributed by atoms with Crippen LogP contribution < -0.4 is 10.1 Å². The molecule has 6 nitrogen and oxygen atoms in total. The van der Waals surface area contributed by atoms with Gasteiger partial charge in [0.1, 0.15) is 5.75 Å². The third-order valence-electron chi connectivity index (χ3n) is 4.21. The van der Waals surface area contributed by atoms with Crippen LogP contribution in [0.2, 0.25) is 0 Å². The number of benzene rings is 1. The lowest BCUT2D eigenvalue weighted by Crippen LogP contribution is -2.20. The molecule has 0 radical (unpaired) electrons. The lowest BCUT2D eigenvalue weighted by Gasteiger charge is -2.17. The van der Waals surface area contributed by atoms with Gasteiger partial charge in [0.25, 0.3) is 0 Å². The molecular weight excluding hydrogens is 302 g/mol. The minimum atomic E-state index is 0.224. The van der Waals surface area contributed by atoms with Crippen LogP contribution in [0.25, 0.3) is 0 Å². The Balaban J connectivity index is 1.73. The van der Waals surface area contributed by atoms with Crippen LogP contribution in [0.5, 0.6) is 5.75 Å². The first-order valence-electron chi connectivity index (χ1n) is 8.02. The number of aromatic nitrogens is 4. The number of hydrogen-bond donors (Lipinski definition) is 1. The summed E-state index contributed by atoms with van der Waals surface area (Å²) in [6.45, 7) is 3.63. The van der Waals surface area contributed by atoms with Gasteiger partial charge in [0.2, 0.25) is 0 Å². The van der Waals surface area contributed by atoms with E-state index >= 15 is 0 Å². The summed E-state index contributed by atoms with van der Waals surface area (Å²) < 4.78 is 9.27. The van der Waals surface area contributed by atoms with Crippen LogP contribution in [0.4, 0.5) is 0 Å². The number of methoxy groups -OCH3 is 1. The lowest BCUT2D eigenvalue weighted by atomic mass is 10.0. The normalized spacial score (nSPS) is 12.3. The first-order chi connectivity index (χ1) is 11.7. The van der Waals surface area contributed by atoms with E-state index in [0.29, 0.717) is 6.54 Å². The second-order valence-electron chi connectivity index (χ2n) is 5.82. The number of nitrogens with one attached hydrogen (secondary N) is 1. The van der Waals surface area contributed by atoms with Crippen LogP contribution in [0.15, 0.2) is 48.9 Å². The largest absolute Gasteiger partial charge is 0.496 e. The Labute approximate surface area is 142 Å². The van der Waals surface area contributed by atoms with Gasteiger partial charge >= 0.3 is 0 Å². The zero-order valence-corrected chi connectivity index (χ0v) is 14.3. The Morgan fingerprint density at radius 3 is 2.75 bits per heavy atom. The summed E-state index contributed by atoms with van der Waals surface area (Å²) in [5, 5.41) is 12.0. The van der Waals surface area contributed by atoms with E-state index in [0.717, 1.165) is 23.6 Å². The Morgan fingerprint density at radius 2 is 2.08 bits per heavy atom. The van der Waals surface area contributed by atoms with Gasteiger partial charge in [-0.3, -0.25) is 9.36 Å². The van der Waals surface area contributed by atoms with Crippen molar-refractivity contribution >= 4 is 0 Å². The van der Waals surface area contributed by atoms with Crippen LogP contribution >= 0.6 is 0 Å². The highest BCUT2D eigenvalue weighted by Crippen LogP contribution is 2.24. The van der Waals surface area contributed by atoms with E-state index in [1.54, 1.807) is 13.3 Å². The molecule has 0 bridgehead atoms. The topological polar surface area (TPSA) is 56.9 Å². The monoisotopic (exact) mass is 325 g/mol. The maximum Gasteiger partial charge on any atom is 0.123 e. The molecule has 24 heavy (non-hydrogen) atoms. The molecule has 0 unspecified atom stereocenters. The number of ether oxygens (including phenoxy) is 1. The van der Waals surface area contributed by atoms with E-state index in [-0.39, 0.29) is 6.04 Å². The molecule has 0 fully saturated rings. The molecule has 3 rings (SSSR count). The minimum Gasteiger partial charge on any atom is -0.496 e. The lowest BCUT2D eigenvalue weighted by molar-refractivity contribution is 0.406. The molecule has 1 atom stereocenters. The molecule has 0 spiro atoms. The van der Waals surface area contributed by atoms with Crippen molar-refractivity contribution in [3.63, 3.8) is 0 Å². The van der Waals surface area contributed by atoms with Gasteiger partial charge in [-0.05, 0) is 36.8 Å². The van der Waals surface area contributed by atoms with Crippen molar-refractivity contribution in [1.29, 1.82) is 0 Å². The van der Waals surface area contributed by atoms with E-state index in [2.05, 4.69) is 34.6 Å². The summed E-state index contributed by atoms with van der Waals surface area (Å²) in [4.78, 5) is 0. The van der Waals surface area contributed by atoms with Gasteiger partial charge in [0.15, 0.2) is 0 Å². The van der Waals surface area contributed by atoms with Crippen molar-refractivity contribution in [2.24, 2.45) is 7.05 Å². The molecule has 0 saturated heterocycles. The molecule has 0 aliphatic rings. The molecule has 0 amide bonds. The zero-order valence-electron chi connectivity index (χ0n) is 14.3. The van der Waals surface area contributed by atoms with E-state index < -0.39 is 0 Å². The third-order valence-corrected chi connectivity index (χ3v) is 4.21. The smallest absolute Gasteiger partial charge is 0.123 e. The Kier molecular flexibility index (Phi) is 4.96. The summed E-state index contributed by atoms with van der Waals surface area (Å²) in [6, 6.07) is 10.5. The van der Waals surface area contributed by atoms with E-state index in [1.807, 2.05) is 47.0 Å². The molecule has 1 aromatic carbocycles. The molecule has 0 saturated carbocycles. The number of aryl methyl sites for hydroxylation is 1. The van der Waals surface area contributed by atoms with Gasteiger partial charge in [-0.25, -0.2) is 0 Å². The van der Waals surface area contributed by atoms with Crippen molar-refractivity contribution in [3.8, 4) is 5.75 Å². The molecule has 1 N–H and O–H groups in total. The van der Waals surface area contributed by atoms with Crippen LogP contribution in [0, 0.1) is 0 Å². The summed E-state index contributed by atoms with van der Waals surface area (Å²) in [6.07, 6.45) is 5.56. The Hall–Kier alpha value is -2.60. The maximum absolute atomic E-state index is 5.49. The van der Waals surface area contributed by atoms with E-state index in [1.165, 1.54) is 5.56 Å². The highest BCUT2D eigenvalue weighted by Gasteiger charge is 2.11.